The number of carbonyl (C=O) groups excluding carboxylic acids is 2. The number of carboxylic acids is 1. The Bertz CT molecular complexity index is 361. The number of amides is 2. The number of carbonyl (C=O) groups is 3. The lowest BCUT2D eigenvalue weighted by Gasteiger charge is -2.38. The Hall–Kier alpha value is -1.59. The van der Waals surface area contributed by atoms with Crippen LogP contribution in [0.3, 0.4) is 0 Å². The number of aliphatic carboxylic acids is 1. The molecule has 18 heavy (non-hydrogen) atoms. The van der Waals surface area contributed by atoms with E-state index in [1.807, 2.05) is 13.8 Å². The van der Waals surface area contributed by atoms with Gasteiger partial charge in [-0.2, -0.15) is 0 Å². The van der Waals surface area contributed by atoms with Gasteiger partial charge in [-0.15, -0.1) is 0 Å². The van der Waals surface area contributed by atoms with Crippen molar-refractivity contribution in [1.29, 1.82) is 0 Å². The summed E-state index contributed by atoms with van der Waals surface area (Å²) in [5, 5.41) is 11.8. The van der Waals surface area contributed by atoms with Crippen molar-refractivity contribution >= 4 is 17.8 Å². The molecule has 6 nitrogen and oxygen atoms in total. The number of hydrogen-bond donors (Lipinski definition) is 2. The highest BCUT2D eigenvalue weighted by atomic mass is 16.4. The zero-order valence-corrected chi connectivity index (χ0v) is 11.0. The smallest absolute Gasteiger partial charge is 0.319 e. The van der Waals surface area contributed by atoms with Gasteiger partial charge in [-0.3, -0.25) is 14.4 Å². The third-order valence-corrected chi connectivity index (χ3v) is 3.20. The van der Waals surface area contributed by atoms with Crippen LogP contribution in [-0.4, -0.2) is 47.4 Å². The monoisotopic (exact) mass is 256 g/mol. The number of nitrogens with zero attached hydrogens (tertiary/aromatic N) is 1. The van der Waals surface area contributed by atoms with E-state index in [2.05, 4.69) is 5.32 Å². The molecule has 0 aromatic heterocycles. The maximum Gasteiger partial charge on any atom is 0.319 e. The minimum atomic E-state index is -1.30. The topological polar surface area (TPSA) is 86.7 Å². The van der Waals surface area contributed by atoms with Crippen LogP contribution in [0.4, 0.5) is 0 Å². The van der Waals surface area contributed by atoms with Crippen molar-refractivity contribution < 1.29 is 19.5 Å². The van der Waals surface area contributed by atoms with Crippen molar-refractivity contribution in [3.8, 4) is 0 Å². The number of carboxylic acid groups (broad SMARTS) is 1. The first-order valence-electron chi connectivity index (χ1n) is 6.08. The Balaban J connectivity index is 2.61. The summed E-state index contributed by atoms with van der Waals surface area (Å²) in [6.45, 7) is 3.54. The molecular weight excluding hydrogens is 236 g/mol. The van der Waals surface area contributed by atoms with Crippen LogP contribution in [0, 0.1) is 5.41 Å². The molecule has 0 bridgehead atoms. The van der Waals surface area contributed by atoms with Crippen molar-refractivity contribution in [3.63, 3.8) is 0 Å². The molecule has 102 valence electrons. The highest BCUT2D eigenvalue weighted by molar-refractivity contribution is 6.03. The van der Waals surface area contributed by atoms with Crippen molar-refractivity contribution in [1.82, 2.24) is 10.2 Å². The Morgan fingerprint density at radius 1 is 1.33 bits per heavy atom. The van der Waals surface area contributed by atoms with Gasteiger partial charge in [0.05, 0.1) is 6.54 Å². The summed E-state index contributed by atoms with van der Waals surface area (Å²) in [5.74, 6) is -1.84. The zero-order chi connectivity index (χ0) is 13.9. The summed E-state index contributed by atoms with van der Waals surface area (Å²) in [7, 11) is 1.46. The molecule has 2 amide bonds. The number of rotatable bonds is 5. The molecule has 0 aromatic rings. The average molecular weight is 256 g/mol. The molecule has 0 aliphatic heterocycles. The lowest BCUT2D eigenvalue weighted by molar-refractivity contribution is -0.167. The third kappa shape index (κ3) is 2.80. The molecule has 0 aromatic carbocycles. The van der Waals surface area contributed by atoms with Crippen molar-refractivity contribution in [3.05, 3.63) is 0 Å². The van der Waals surface area contributed by atoms with Gasteiger partial charge in [0.15, 0.2) is 0 Å². The SMILES string of the molecule is CC(C)NC(=O)CN(C)C(=O)C1(C(=O)O)CCC1. The fraction of sp³-hybridized carbons (Fsp3) is 0.750. The molecule has 1 aliphatic carbocycles. The van der Waals surface area contributed by atoms with Crippen LogP contribution in [0.25, 0.3) is 0 Å². The molecular formula is C12H20N2O4. The maximum atomic E-state index is 12.1. The molecule has 1 saturated carbocycles. The quantitative estimate of drug-likeness (QED) is 0.689. The van der Waals surface area contributed by atoms with E-state index in [4.69, 9.17) is 5.11 Å². The summed E-state index contributed by atoms with van der Waals surface area (Å²) < 4.78 is 0. The lowest BCUT2D eigenvalue weighted by Crippen LogP contribution is -2.53. The van der Waals surface area contributed by atoms with Crippen LogP contribution in [0.1, 0.15) is 33.1 Å². The summed E-state index contributed by atoms with van der Waals surface area (Å²) in [6.07, 6.45) is 1.46. The average Bonchev–Trinajstić information content (AvgIpc) is 2.12. The van der Waals surface area contributed by atoms with Crippen molar-refractivity contribution in [2.45, 2.75) is 39.2 Å². The molecule has 1 fully saturated rings. The first-order chi connectivity index (χ1) is 8.29. The second-order valence-corrected chi connectivity index (χ2v) is 5.12. The maximum absolute atomic E-state index is 12.1. The van der Waals surface area contributed by atoms with Crippen LogP contribution in [0.5, 0.6) is 0 Å². The first kappa shape index (κ1) is 14.5. The fourth-order valence-corrected chi connectivity index (χ4v) is 2.07. The van der Waals surface area contributed by atoms with Crippen LogP contribution >= 0.6 is 0 Å². The van der Waals surface area contributed by atoms with Gasteiger partial charge in [-0.1, -0.05) is 6.42 Å². The van der Waals surface area contributed by atoms with Gasteiger partial charge >= 0.3 is 5.97 Å². The van der Waals surface area contributed by atoms with Crippen molar-refractivity contribution in [2.24, 2.45) is 5.41 Å². The van der Waals surface area contributed by atoms with E-state index in [-0.39, 0.29) is 18.5 Å². The summed E-state index contributed by atoms with van der Waals surface area (Å²) in [6, 6.07) is -0.00172. The molecule has 0 radical (unpaired) electrons. The molecule has 0 atom stereocenters. The largest absolute Gasteiger partial charge is 0.480 e. The summed E-state index contributed by atoms with van der Waals surface area (Å²) >= 11 is 0. The molecule has 6 heteroatoms. The summed E-state index contributed by atoms with van der Waals surface area (Å²) in [4.78, 5) is 36.0. The second kappa shape index (κ2) is 5.37. The molecule has 0 unspecified atom stereocenters. The minimum Gasteiger partial charge on any atom is -0.480 e. The van der Waals surface area contributed by atoms with E-state index < -0.39 is 17.3 Å². The standard InChI is InChI=1S/C12H20N2O4/c1-8(2)13-9(15)7-14(3)10(16)12(11(17)18)5-4-6-12/h8H,4-7H2,1-3H3,(H,13,15)(H,17,18). The van der Waals surface area contributed by atoms with Crippen LogP contribution in [0.15, 0.2) is 0 Å². The first-order valence-corrected chi connectivity index (χ1v) is 6.08. The number of hydrogen-bond acceptors (Lipinski definition) is 3. The lowest BCUT2D eigenvalue weighted by atomic mass is 9.68. The summed E-state index contributed by atoms with van der Waals surface area (Å²) in [5.41, 5.74) is -1.30. The number of nitrogens with one attached hydrogen (secondary N) is 1. The van der Waals surface area contributed by atoms with E-state index in [0.29, 0.717) is 12.8 Å². The second-order valence-electron chi connectivity index (χ2n) is 5.12. The van der Waals surface area contributed by atoms with Gasteiger partial charge in [0, 0.05) is 13.1 Å². The van der Waals surface area contributed by atoms with Gasteiger partial charge in [-0.05, 0) is 26.7 Å². The normalized spacial score (nSPS) is 16.9. The molecule has 0 saturated heterocycles. The fourth-order valence-electron chi connectivity index (χ4n) is 2.07. The zero-order valence-electron chi connectivity index (χ0n) is 11.0. The van der Waals surface area contributed by atoms with E-state index in [1.54, 1.807) is 0 Å². The minimum absolute atomic E-state index is 0.00172. The Morgan fingerprint density at radius 3 is 2.22 bits per heavy atom. The van der Waals surface area contributed by atoms with Gasteiger partial charge in [0.1, 0.15) is 5.41 Å². The van der Waals surface area contributed by atoms with E-state index in [0.717, 1.165) is 6.42 Å². The molecule has 2 N–H and O–H groups in total. The molecule has 0 heterocycles. The predicted octanol–water partition coefficient (Wildman–Crippen LogP) is 0.224. The van der Waals surface area contributed by atoms with E-state index in [9.17, 15) is 14.4 Å². The predicted molar refractivity (Wildman–Crippen MR) is 64.8 cm³/mol. The highest BCUT2D eigenvalue weighted by Crippen LogP contribution is 2.42. The van der Waals surface area contributed by atoms with Crippen LogP contribution in [-0.2, 0) is 14.4 Å². The van der Waals surface area contributed by atoms with Gasteiger partial charge in [0.25, 0.3) is 0 Å². The Morgan fingerprint density at radius 2 is 1.89 bits per heavy atom. The van der Waals surface area contributed by atoms with Gasteiger partial charge in [-0.25, -0.2) is 0 Å². The molecule has 1 rings (SSSR count). The van der Waals surface area contributed by atoms with Gasteiger partial charge in [0.2, 0.25) is 11.8 Å². The van der Waals surface area contributed by atoms with Crippen LogP contribution in [0.2, 0.25) is 0 Å². The van der Waals surface area contributed by atoms with E-state index >= 15 is 0 Å². The van der Waals surface area contributed by atoms with E-state index in [1.165, 1.54) is 11.9 Å². The van der Waals surface area contributed by atoms with Crippen LogP contribution < -0.4 is 5.32 Å². The van der Waals surface area contributed by atoms with Crippen molar-refractivity contribution in [2.75, 3.05) is 13.6 Å². The third-order valence-electron chi connectivity index (χ3n) is 3.20. The highest BCUT2D eigenvalue weighted by Gasteiger charge is 2.52. The molecule has 0 spiro atoms. The van der Waals surface area contributed by atoms with Gasteiger partial charge < -0.3 is 15.3 Å². The molecule has 1 aliphatic rings. The number of likely N-dealkylation sites (N-methyl/N-ethyl adjacent to an activating group) is 1. The Kier molecular flexibility index (Phi) is 4.32. The Labute approximate surface area is 106 Å².